The van der Waals surface area contributed by atoms with Crippen LogP contribution in [0.3, 0.4) is 0 Å². The second-order valence-corrected chi connectivity index (χ2v) is 7.01. The van der Waals surface area contributed by atoms with Crippen molar-refractivity contribution >= 4 is 35.2 Å². The van der Waals surface area contributed by atoms with Gasteiger partial charge in [0.05, 0.1) is 10.6 Å². The van der Waals surface area contributed by atoms with Gasteiger partial charge in [0.15, 0.2) is 0 Å². The van der Waals surface area contributed by atoms with Gasteiger partial charge >= 0.3 is 12.2 Å². The van der Waals surface area contributed by atoms with Crippen LogP contribution < -0.4 is 16.4 Å². The van der Waals surface area contributed by atoms with Crippen LogP contribution in [-0.4, -0.2) is 11.0 Å². The quantitative estimate of drug-likeness (QED) is 0.452. The fourth-order valence-corrected chi connectivity index (χ4v) is 3.09. The molecular formula is C22H18ClF3N4O. The third-order valence-corrected chi connectivity index (χ3v) is 4.73. The molecule has 0 saturated heterocycles. The van der Waals surface area contributed by atoms with Crippen LogP contribution in [0.1, 0.15) is 16.7 Å². The minimum absolute atomic E-state index is 0.0249. The van der Waals surface area contributed by atoms with E-state index >= 15 is 0 Å². The van der Waals surface area contributed by atoms with Crippen LogP contribution in [0.2, 0.25) is 5.02 Å². The van der Waals surface area contributed by atoms with E-state index in [0.29, 0.717) is 5.82 Å². The molecule has 5 nitrogen and oxygen atoms in total. The summed E-state index contributed by atoms with van der Waals surface area (Å²) in [6.07, 6.45) is -1.35. The Labute approximate surface area is 181 Å². The number of hydrogen-bond donors (Lipinski definition) is 3. The summed E-state index contributed by atoms with van der Waals surface area (Å²) in [5.74, 6) is 0.358. The summed E-state index contributed by atoms with van der Waals surface area (Å²) in [4.78, 5) is 16.3. The van der Waals surface area contributed by atoms with E-state index < -0.39 is 22.8 Å². The van der Waals surface area contributed by atoms with E-state index in [1.807, 2.05) is 18.2 Å². The van der Waals surface area contributed by atoms with Gasteiger partial charge in [-0.05, 0) is 47.0 Å². The van der Waals surface area contributed by atoms with Crippen molar-refractivity contribution in [2.75, 3.05) is 11.1 Å². The van der Waals surface area contributed by atoms with Gasteiger partial charge in [-0.2, -0.15) is 13.2 Å². The first-order chi connectivity index (χ1) is 14.7. The number of alkyl halides is 3. The molecule has 0 unspecified atom stereocenters. The van der Waals surface area contributed by atoms with Crippen LogP contribution in [0, 0.1) is 0 Å². The average molecular weight is 447 g/mol. The predicted octanol–water partition coefficient (Wildman–Crippen LogP) is 5.97. The lowest BCUT2D eigenvalue weighted by Crippen LogP contribution is -2.28. The number of nitrogen functional groups attached to an aromatic ring is 1. The zero-order valence-corrected chi connectivity index (χ0v) is 16.9. The van der Waals surface area contributed by atoms with E-state index in [-0.39, 0.29) is 12.2 Å². The number of urea groups is 1. The highest BCUT2D eigenvalue weighted by Gasteiger charge is 2.33. The van der Waals surface area contributed by atoms with E-state index in [9.17, 15) is 18.0 Å². The van der Waals surface area contributed by atoms with Crippen LogP contribution in [0.15, 0.2) is 61.3 Å². The Morgan fingerprint density at radius 2 is 1.97 bits per heavy atom. The first-order valence-electron chi connectivity index (χ1n) is 9.06. The highest BCUT2D eigenvalue weighted by atomic mass is 35.5. The lowest BCUT2D eigenvalue weighted by Gasteiger charge is -2.13. The van der Waals surface area contributed by atoms with Crippen LogP contribution in [0.4, 0.5) is 29.5 Å². The number of rotatable bonds is 5. The first-order valence-corrected chi connectivity index (χ1v) is 9.44. The number of benzene rings is 2. The molecule has 9 heteroatoms. The largest absolute Gasteiger partial charge is 0.417 e. The zero-order chi connectivity index (χ0) is 22.6. The molecule has 0 aliphatic rings. The predicted molar refractivity (Wildman–Crippen MR) is 116 cm³/mol. The number of aromatic nitrogens is 1. The summed E-state index contributed by atoms with van der Waals surface area (Å²) >= 11 is 5.59. The van der Waals surface area contributed by atoms with Gasteiger partial charge in [-0.15, -0.1) is 0 Å². The SMILES string of the molecule is C=Cc1cnc(N)c(-c2cccc(CNC(=O)Nc3ccc(Cl)c(C(F)(F)F)c3)c2)c1. The molecule has 0 fully saturated rings. The number of nitrogens with two attached hydrogens (primary N) is 1. The smallest absolute Gasteiger partial charge is 0.383 e. The molecule has 0 saturated carbocycles. The summed E-state index contributed by atoms with van der Waals surface area (Å²) in [6.45, 7) is 3.86. The summed E-state index contributed by atoms with van der Waals surface area (Å²) in [5.41, 5.74) is 8.04. The standard InChI is InChI=1S/C22H18ClF3N4O/c1-2-13-9-17(20(27)28-11-13)15-5-3-4-14(8-15)12-29-21(31)30-16-6-7-19(23)18(10-16)22(24,25)26/h2-11H,1,12H2,(H2,27,28)(H2,29,30,31). The molecular weight excluding hydrogens is 429 g/mol. The number of nitrogens with one attached hydrogen (secondary N) is 2. The van der Waals surface area contributed by atoms with Gasteiger partial charge in [0.1, 0.15) is 5.82 Å². The summed E-state index contributed by atoms with van der Waals surface area (Å²) in [7, 11) is 0. The number of pyridine rings is 1. The molecule has 4 N–H and O–H groups in total. The Bertz CT molecular complexity index is 1130. The fraction of sp³-hybridized carbons (Fsp3) is 0.0909. The summed E-state index contributed by atoms with van der Waals surface area (Å²) in [6, 6.07) is 11.7. The molecule has 0 aliphatic heterocycles. The van der Waals surface area contributed by atoms with Crippen LogP contribution >= 0.6 is 11.6 Å². The highest BCUT2D eigenvalue weighted by molar-refractivity contribution is 6.31. The Hall–Kier alpha value is -3.52. The molecule has 2 aromatic carbocycles. The number of nitrogens with zero attached hydrogens (tertiary/aromatic N) is 1. The van der Waals surface area contributed by atoms with E-state index in [4.69, 9.17) is 17.3 Å². The summed E-state index contributed by atoms with van der Waals surface area (Å²) in [5, 5.41) is 4.54. The Morgan fingerprint density at radius 3 is 2.68 bits per heavy atom. The lowest BCUT2D eigenvalue weighted by atomic mass is 10.0. The number of hydrogen-bond acceptors (Lipinski definition) is 3. The van der Waals surface area contributed by atoms with E-state index in [1.165, 1.54) is 6.07 Å². The van der Waals surface area contributed by atoms with Crippen molar-refractivity contribution in [3.8, 4) is 11.1 Å². The second-order valence-electron chi connectivity index (χ2n) is 6.61. The number of carbonyl (C=O) groups is 1. The van der Waals surface area contributed by atoms with Crippen LogP contribution in [0.25, 0.3) is 17.2 Å². The lowest BCUT2D eigenvalue weighted by molar-refractivity contribution is -0.137. The highest BCUT2D eigenvalue weighted by Crippen LogP contribution is 2.36. The zero-order valence-electron chi connectivity index (χ0n) is 16.1. The molecule has 2 amide bonds. The van der Waals surface area contributed by atoms with Gasteiger partial charge < -0.3 is 16.4 Å². The Morgan fingerprint density at radius 1 is 1.19 bits per heavy atom. The molecule has 1 aromatic heterocycles. The minimum atomic E-state index is -4.62. The fourth-order valence-electron chi connectivity index (χ4n) is 2.86. The molecule has 160 valence electrons. The third-order valence-electron chi connectivity index (χ3n) is 4.40. The average Bonchev–Trinajstić information content (AvgIpc) is 2.73. The molecule has 0 radical (unpaired) electrons. The molecule has 3 rings (SSSR count). The maximum absolute atomic E-state index is 13.0. The first kappa shape index (κ1) is 22.2. The Kier molecular flexibility index (Phi) is 6.50. The van der Waals surface area contributed by atoms with Crippen molar-refractivity contribution in [2.24, 2.45) is 0 Å². The number of halogens is 4. The van der Waals surface area contributed by atoms with Crippen molar-refractivity contribution < 1.29 is 18.0 Å². The molecule has 0 spiro atoms. The number of carbonyl (C=O) groups excluding carboxylic acids is 1. The second kappa shape index (κ2) is 9.09. The Balaban J connectivity index is 1.69. The van der Waals surface area contributed by atoms with Crippen molar-refractivity contribution in [3.05, 3.63) is 83.0 Å². The molecule has 0 bridgehead atoms. The van der Waals surface area contributed by atoms with Crippen molar-refractivity contribution in [1.82, 2.24) is 10.3 Å². The van der Waals surface area contributed by atoms with Crippen LogP contribution in [-0.2, 0) is 12.7 Å². The molecule has 3 aromatic rings. The monoisotopic (exact) mass is 446 g/mol. The summed E-state index contributed by atoms with van der Waals surface area (Å²) < 4.78 is 38.9. The van der Waals surface area contributed by atoms with Gasteiger partial charge in [0.2, 0.25) is 0 Å². The maximum Gasteiger partial charge on any atom is 0.417 e. The maximum atomic E-state index is 13.0. The van der Waals surface area contributed by atoms with Gasteiger partial charge in [0, 0.05) is 24.0 Å². The molecule has 31 heavy (non-hydrogen) atoms. The van der Waals surface area contributed by atoms with Gasteiger partial charge in [0.25, 0.3) is 0 Å². The third kappa shape index (κ3) is 5.55. The van der Waals surface area contributed by atoms with Gasteiger partial charge in [-0.25, -0.2) is 9.78 Å². The normalized spacial score (nSPS) is 11.1. The topological polar surface area (TPSA) is 80.0 Å². The molecule has 0 aliphatic carbocycles. The molecule has 0 atom stereocenters. The van der Waals surface area contributed by atoms with Crippen molar-refractivity contribution in [3.63, 3.8) is 0 Å². The minimum Gasteiger partial charge on any atom is -0.383 e. The van der Waals surface area contributed by atoms with E-state index in [1.54, 1.807) is 24.4 Å². The van der Waals surface area contributed by atoms with E-state index in [0.717, 1.165) is 34.4 Å². The van der Waals surface area contributed by atoms with Gasteiger partial charge in [-0.3, -0.25) is 0 Å². The number of amides is 2. The van der Waals surface area contributed by atoms with Crippen molar-refractivity contribution in [1.29, 1.82) is 0 Å². The van der Waals surface area contributed by atoms with Crippen LogP contribution in [0.5, 0.6) is 0 Å². The van der Waals surface area contributed by atoms with E-state index in [2.05, 4.69) is 22.2 Å². The molecule has 1 heterocycles. The number of anilines is 2. The van der Waals surface area contributed by atoms with Crippen molar-refractivity contribution in [2.45, 2.75) is 12.7 Å². The van der Waals surface area contributed by atoms with Gasteiger partial charge in [-0.1, -0.05) is 42.5 Å².